The molecular weight excluding hydrogens is 371 g/mol. The van der Waals surface area contributed by atoms with Crippen LogP contribution in [0.25, 0.3) is 0 Å². The summed E-state index contributed by atoms with van der Waals surface area (Å²) in [5.74, 6) is 0. The first-order valence-electron chi connectivity index (χ1n) is 8.98. The summed E-state index contributed by atoms with van der Waals surface area (Å²) < 4.78 is 27.5. The Balaban J connectivity index is 2.47. The van der Waals surface area contributed by atoms with Crippen molar-refractivity contribution in [1.29, 1.82) is 0 Å². The highest BCUT2D eigenvalue weighted by molar-refractivity contribution is 6.74. The molecule has 1 aliphatic rings. The van der Waals surface area contributed by atoms with E-state index in [1.807, 2.05) is 33.9 Å². The van der Waals surface area contributed by atoms with Gasteiger partial charge in [0.1, 0.15) is 24.0 Å². The van der Waals surface area contributed by atoms with Gasteiger partial charge >= 0.3 is 0 Å². The van der Waals surface area contributed by atoms with Crippen LogP contribution in [0.4, 0.5) is 10.1 Å². The summed E-state index contributed by atoms with van der Waals surface area (Å²) in [5.41, 5.74) is -1.80. The molecule has 0 amide bonds. The van der Waals surface area contributed by atoms with Gasteiger partial charge < -0.3 is 14.3 Å². The van der Waals surface area contributed by atoms with Gasteiger partial charge in [-0.1, -0.05) is 20.8 Å². The van der Waals surface area contributed by atoms with Crippen molar-refractivity contribution in [3.8, 4) is 0 Å². The van der Waals surface area contributed by atoms with Gasteiger partial charge in [0, 0.05) is 6.20 Å². The molecule has 0 aliphatic carbocycles. The minimum atomic E-state index is -2.42. The van der Waals surface area contributed by atoms with E-state index in [0.29, 0.717) is 0 Å². The zero-order chi connectivity index (χ0) is 20.8. The maximum absolute atomic E-state index is 15.6. The van der Waals surface area contributed by atoms with Crippen molar-refractivity contribution in [2.75, 3.05) is 0 Å². The fraction of sp³-hybridized carbons (Fsp3) is 0.722. The normalized spacial score (nSPS) is 32.3. The molecule has 0 unspecified atom stereocenters. The first-order valence-corrected chi connectivity index (χ1v) is 11.9. The average Bonchev–Trinajstić information content (AvgIpc) is 2.54. The maximum atomic E-state index is 15.6. The minimum absolute atomic E-state index is 0.0914. The molecule has 7 nitrogen and oxygen atoms in total. The molecule has 27 heavy (non-hydrogen) atoms. The van der Waals surface area contributed by atoms with Crippen LogP contribution in [0.1, 0.15) is 46.3 Å². The molecule has 1 aromatic heterocycles. The molecule has 0 spiro atoms. The van der Waals surface area contributed by atoms with Gasteiger partial charge in [0.15, 0.2) is 14.5 Å². The lowest BCUT2D eigenvalue weighted by Crippen LogP contribution is -2.64. The SMILES string of the molecule is C[C@H]1O[C@@H](c2ccncc2[N+](=O)[O-])[C@H](F)[C@@H](O[Si](C)(C)C(C)(C)C)[C@]1(C)O. The zero-order valence-corrected chi connectivity index (χ0v) is 17.9. The van der Waals surface area contributed by atoms with E-state index in [4.69, 9.17) is 9.16 Å². The van der Waals surface area contributed by atoms with E-state index in [2.05, 4.69) is 4.98 Å². The lowest BCUT2D eigenvalue weighted by Gasteiger charge is -2.51. The lowest BCUT2D eigenvalue weighted by atomic mass is 9.83. The van der Waals surface area contributed by atoms with Crippen molar-refractivity contribution >= 4 is 14.0 Å². The van der Waals surface area contributed by atoms with Crippen LogP contribution in [0.2, 0.25) is 18.1 Å². The number of nitro groups is 1. The molecule has 5 atom stereocenters. The van der Waals surface area contributed by atoms with Crippen molar-refractivity contribution in [2.45, 2.75) is 82.8 Å². The quantitative estimate of drug-likeness (QED) is 0.467. The van der Waals surface area contributed by atoms with Gasteiger partial charge in [-0.05, 0) is 38.0 Å². The number of rotatable bonds is 4. The van der Waals surface area contributed by atoms with E-state index in [-0.39, 0.29) is 16.3 Å². The molecule has 1 aromatic rings. The molecule has 0 radical (unpaired) electrons. The summed E-state index contributed by atoms with van der Waals surface area (Å²) in [6.45, 7) is 13.1. The van der Waals surface area contributed by atoms with Crippen LogP contribution in [0, 0.1) is 10.1 Å². The van der Waals surface area contributed by atoms with Gasteiger partial charge in [0.25, 0.3) is 5.69 Å². The topological polar surface area (TPSA) is 94.7 Å². The largest absolute Gasteiger partial charge is 0.408 e. The van der Waals surface area contributed by atoms with Crippen LogP contribution in [0.15, 0.2) is 18.5 Å². The summed E-state index contributed by atoms with van der Waals surface area (Å²) in [4.78, 5) is 14.5. The van der Waals surface area contributed by atoms with Gasteiger partial charge in [-0.2, -0.15) is 0 Å². The minimum Gasteiger partial charge on any atom is -0.408 e. The molecule has 0 saturated carbocycles. The Morgan fingerprint density at radius 2 is 2.04 bits per heavy atom. The van der Waals surface area contributed by atoms with Crippen molar-refractivity contribution in [1.82, 2.24) is 4.98 Å². The Labute approximate surface area is 160 Å². The third-order valence-corrected chi connectivity index (χ3v) is 10.3. The average molecular weight is 401 g/mol. The standard InChI is InChI=1S/C18H29FN2O5Si/c1-11-18(5,22)16(26-27(6,7)17(2,3)4)14(19)15(25-11)12-8-9-20-10-13(12)21(23)24/h8-11,14-16,22H,1-7H3/t11-,14+,15+,16-,18-/m1/s1. The third kappa shape index (κ3) is 4.06. The first-order chi connectivity index (χ1) is 12.2. The van der Waals surface area contributed by atoms with Gasteiger partial charge in [-0.3, -0.25) is 15.1 Å². The van der Waals surface area contributed by atoms with Crippen molar-refractivity contribution in [2.24, 2.45) is 0 Å². The molecule has 9 heteroatoms. The second-order valence-corrected chi connectivity index (χ2v) is 13.6. The van der Waals surface area contributed by atoms with Crippen molar-refractivity contribution in [3.63, 3.8) is 0 Å². The van der Waals surface area contributed by atoms with E-state index < -0.39 is 43.3 Å². The Morgan fingerprint density at radius 3 is 2.56 bits per heavy atom. The van der Waals surface area contributed by atoms with Gasteiger partial charge in [-0.25, -0.2) is 4.39 Å². The van der Waals surface area contributed by atoms with E-state index in [9.17, 15) is 15.2 Å². The van der Waals surface area contributed by atoms with Crippen molar-refractivity contribution in [3.05, 3.63) is 34.1 Å². The van der Waals surface area contributed by atoms with E-state index >= 15 is 4.39 Å². The van der Waals surface area contributed by atoms with Crippen molar-refractivity contribution < 1.29 is 23.6 Å². The number of pyridine rings is 1. The second kappa shape index (κ2) is 7.19. The number of hydrogen-bond donors (Lipinski definition) is 1. The number of alkyl halides is 1. The molecule has 1 N–H and O–H groups in total. The highest BCUT2D eigenvalue weighted by atomic mass is 28.4. The van der Waals surface area contributed by atoms with Gasteiger partial charge in [0.2, 0.25) is 0 Å². The number of aliphatic hydroxyl groups is 1. The molecular formula is C18H29FN2O5Si. The van der Waals surface area contributed by atoms with Gasteiger partial charge in [-0.15, -0.1) is 0 Å². The maximum Gasteiger partial charge on any atom is 0.293 e. The van der Waals surface area contributed by atoms with Gasteiger partial charge in [0.05, 0.1) is 16.6 Å². The molecule has 2 heterocycles. The van der Waals surface area contributed by atoms with E-state index in [0.717, 1.165) is 6.20 Å². The Kier molecular flexibility index (Phi) is 5.83. The molecule has 2 rings (SSSR count). The summed E-state index contributed by atoms with van der Waals surface area (Å²) in [6.07, 6.45) is -2.51. The van der Waals surface area contributed by atoms with Crippen LogP contribution < -0.4 is 0 Å². The monoisotopic (exact) mass is 400 g/mol. The fourth-order valence-electron chi connectivity index (χ4n) is 2.86. The predicted octanol–water partition coefficient (Wildman–Crippen LogP) is 3.93. The highest BCUT2D eigenvalue weighted by Gasteiger charge is 2.56. The smallest absolute Gasteiger partial charge is 0.293 e. The number of halogens is 1. The Hall–Kier alpha value is -1.42. The van der Waals surface area contributed by atoms with Crippen LogP contribution >= 0.6 is 0 Å². The molecule has 1 fully saturated rings. The molecule has 1 saturated heterocycles. The third-order valence-electron chi connectivity index (χ3n) is 5.89. The second-order valence-electron chi connectivity index (χ2n) is 8.86. The summed E-state index contributed by atoms with van der Waals surface area (Å²) in [6, 6.07) is 1.38. The molecule has 0 bridgehead atoms. The summed E-state index contributed by atoms with van der Waals surface area (Å²) in [7, 11) is -2.42. The van der Waals surface area contributed by atoms with Crippen LogP contribution in [0.5, 0.6) is 0 Å². The van der Waals surface area contributed by atoms with E-state index in [1.54, 1.807) is 6.92 Å². The summed E-state index contributed by atoms with van der Waals surface area (Å²) in [5, 5.41) is 22.1. The lowest BCUT2D eigenvalue weighted by molar-refractivity contribution is -0.387. The molecule has 1 aliphatic heterocycles. The van der Waals surface area contributed by atoms with Crippen LogP contribution in [0.3, 0.4) is 0 Å². The van der Waals surface area contributed by atoms with Crippen LogP contribution in [-0.2, 0) is 9.16 Å². The first kappa shape index (κ1) is 21.9. The molecule has 0 aromatic carbocycles. The number of ether oxygens (including phenoxy) is 1. The highest BCUT2D eigenvalue weighted by Crippen LogP contribution is 2.46. The Bertz CT molecular complexity index is 707. The zero-order valence-electron chi connectivity index (χ0n) is 16.9. The molecule has 152 valence electrons. The fourth-order valence-corrected chi connectivity index (χ4v) is 4.22. The Morgan fingerprint density at radius 1 is 1.44 bits per heavy atom. The number of hydrogen-bond acceptors (Lipinski definition) is 6. The van der Waals surface area contributed by atoms with E-state index in [1.165, 1.54) is 19.2 Å². The van der Waals surface area contributed by atoms with Crippen LogP contribution in [-0.4, -0.2) is 47.3 Å². The summed E-state index contributed by atoms with van der Waals surface area (Å²) >= 11 is 0. The predicted molar refractivity (Wildman–Crippen MR) is 102 cm³/mol. The number of aromatic nitrogens is 1. The number of nitrogens with zero attached hydrogens (tertiary/aromatic N) is 2.